The highest BCUT2D eigenvalue weighted by Crippen LogP contribution is 2.20. The molecule has 0 unspecified atom stereocenters. The molecule has 1 N–H and O–H groups in total. The quantitative estimate of drug-likeness (QED) is 0.612. The molecule has 1 aromatic heterocycles. The molecular weight excluding hydrogens is 314 g/mol. The van der Waals surface area contributed by atoms with Crippen LogP contribution in [0.3, 0.4) is 0 Å². The molecule has 25 heavy (non-hydrogen) atoms. The Labute approximate surface area is 147 Å². The Hall–Kier alpha value is -2.75. The second-order valence-electron chi connectivity index (χ2n) is 5.96. The Bertz CT molecular complexity index is 805. The first kappa shape index (κ1) is 17.1. The topological polar surface area (TPSA) is 51.5 Å². The van der Waals surface area contributed by atoms with Crippen molar-refractivity contribution in [3.63, 3.8) is 0 Å². The number of hydrogen-bond acceptors (Lipinski definition) is 3. The zero-order chi connectivity index (χ0) is 17.5. The predicted octanol–water partition coefficient (Wildman–Crippen LogP) is 4.58. The maximum Gasteiger partial charge on any atom is 0.287 e. The molecule has 0 fully saturated rings. The minimum atomic E-state index is -0.174. The second kappa shape index (κ2) is 8.38. The summed E-state index contributed by atoms with van der Waals surface area (Å²) in [4.78, 5) is 12.2. The van der Waals surface area contributed by atoms with Crippen LogP contribution in [-0.2, 0) is 6.42 Å². The molecule has 4 heteroatoms. The Balaban J connectivity index is 1.50. The average Bonchev–Trinajstić information content (AvgIpc) is 3.08. The van der Waals surface area contributed by atoms with Crippen molar-refractivity contribution >= 4 is 16.9 Å². The summed E-state index contributed by atoms with van der Waals surface area (Å²) in [6, 6.07) is 17.5. The summed E-state index contributed by atoms with van der Waals surface area (Å²) in [5.74, 6) is 1.12. The summed E-state index contributed by atoms with van der Waals surface area (Å²) >= 11 is 0. The summed E-state index contributed by atoms with van der Waals surface area (Å²) in [6.45, 7) is 3.41. The van der Waals surface area contributed by atoms with Crippen LogP contribution in [0.25, 0.3) is 11.0 Å². The number of para-hydroxylation sites is 2. The van der Waals surface area contributed by atoms with E-state index in [0.29, 0.717) is 12.3 Å². The van der Waals surface area contributed by atoms with E-state index in [9.17, 15) is 4.79 Å². The van der Waals surface area contributed by atoms with Gasteiger partial charge < -0.3 is 14.5 Å². The highest BCUT2D eigenvalue weighted by atomic mass is 16.5. The van der Waals surface area contributed by atoms with Gasteiger partial charge in [-0.2, -0.15) is 0 Å². The van der Waals surface area contributed by atoms with Crippen LogP contribution < -0.4 is 10.1 Å². The minimum absolute atomic E-state index is 0.174. The lowest BCUT2D eigenvalue weighted by Gasteiger charge is -2.10. The zero-order valence-electron chi connectivity index (χ0n) is 14.5. The van der Waals surface area contributed by atoms with Gasteiger partial charge in [-0.05, 0) is 43.0 Å². The molecule has 3 aromatic rings. The Morgan fingerprint density at radius 1 is 1.12 bits per heavy atom. The van der Waals surface area contributed by atoms with Crippen LogP contribution in [0.1, 0.15) is 35.9 Å². The summed E-state index contributed by atoms with van der Waals surface area (Å²) in [6.07, 6.45) is 2.70. The third-order valence-electron chi connectivity index (χ3n) is 3.99. The van der Waals surface area contributed by atoms with Crippen molar-refractivity contribution in [2.24, 2.45) is 0 Å². The van der Waals surface area contributed by atoms with E-state index in [-0.39, 0.29) is 5.91 Å². The SMILES string of the molecule is CCCOc1ccccc1CCCNC(=O)c1cc2ccccc2o1. The van der Waals surface area contributed by atoms with Crippen molar-refractivity contribution in [1.82, 2.24) is 5.32 Å². The zero-order valence-corrected chi connectivity index (χ0v) is 14.5. The van der Waals surface area contributed by atoms with Crippen molar-refractivity contribution in [3.05, 3.63) is 65.9 Å². The molecule has 0 atom stereocenters. The number of ether oxygens (including phenoxy) is 1. The van der Waals surface area contributed by atoms with Gasteiger partial charge in [-0.1, -0.05) is 43.3 Å². The van der Waals surface area contributed by atoms with Crippen LogP contribution in [-0.4, -0.2) is 19.1 Å². The lowest BCUT2D eigenvalue weighted by atomic mass is 10.1. The molecule has 130 valence electrons. The Kier molecular flexibility index (Phi) is 5.73. The first-order valence-electron chi connectivity index (χ1n) is 8.75. The van der Waals surface area contributed by atoms with Gasteiger partial charge in [0, 0.05) is 11.9 Å². The summed E-state index contributed by atoms with van der Waals surface area (Å²) in [5.41, 5.74) is 1.91. The standard InChI is InChI=1S/C21H23NO3/c1-2-14-24-18-11-5-3-8-16(18)10-7-13-22-21(23)20-15-17-9-4-6-12-19(17)25-20/h3-6,8-9,11-12,15H,2,7,10,13-14H2,1H3,(H,22,23). The molecule has 0 bridgehead atoms. The number of aryl methyl sites for hydroxylation is 1. The van der Waals surface area contributed by atoms with Crippen LogP contribution in [0.15, 0.2) is 59.0 Å². The molecular formula is C21H23NO3. The van der Waals surface area contributed by atoms with Gasteiger partial charge in [-0.3, -0.25) is 4.79 Å². The molecule has 2 aromatic carbocycles. The van der Waals surface area contributed by atoms with Gasteiger partial charge in [0.25, 0.3) is 5.91 Å². The fourth-order valence-electron chi connectivity index (χ4n) is 2.72. The maximum atomic E-state index is 12.2. The van der Waals surface area contributed by atoms with Crippen LogP contribution in [0.4, 0.5) is 0 Å². The first-order valence-corrected chi connectivity index (χ1v) is 8.75. The monoisotopic (exact) mass is 337 g/mol. The molecule has 1 amide bonds. The van der Waals surface area contributed by atoms with Crippen molar-refractivity contribution in [1.29, 1.82) is 0 Å². The highest BCUT2D eigenvalue weighted by molar-refractivity contribution is 5.96. The molecule has 1 heterocycles. The highest BCUT2D eigenvalue weighted by Gasteiger charge is 2.11. The number of carbonyl (C=O) groups excluding carboxylic acids is 1. The first-order chi connectivity index (χ1) is 12.3. The number of nitrogens with one attached hydrogen (secondary N) is 1. The molecule has 0 saturated heterocycles. The van der Waals surface area contributed by atoms with Gasteiger partial charge in [0.15, 0.2) is 5.76 Å². The van der Waals surface area contributed by atoms with Gasteiger partial charge >= 0.3 is 0 Å². The summed E-state index contributed by atoms with van der Waals surface area (Å²) < 4.78 is 11.3. The van der Waals surface area contributed by atoms with E-state index in [1.807, 2.05) is 42.5 Å². The fourth-order valence-corrected chi connectivity index (χ4v) is 2.72. The van der Waals surface area contributed by atoms with E-state index in [1.54, 1.807) is 6.07 Å². The normalized spacial score (nSPS) is 10.8. The summed E-state index contributed by atoms with van der Waals surface area (Å²) in [7, 11) is 0. The number of carbonyl (C=O) groups is 1. The minimum Gasteiger partial charge on any atom is -0.493 e. The molecule has 0 radical (unpaired) electrons. The van der Waals surface area contributed by atoms with Gasteiger partial charge in [-0.15, -0.1) is 0 Å². The number of rotatable bonds is 8. The van der Waals surface area contributed by atoms with E-state index in [2.05, 4.69) is 18.3 Å². The maximum absolute atomic E-state index is 12.2. The summed E-state index contributed by atoms with van der Waals surface area (Å²) in [5, 5.41) is 3.86. The van der Waals surface area contributed by atoms with Gasteiger partial charge in [0.1, 0.15) is 11.3 Å². The molecule has 0 aliphatic rings. The van der Waals surface area contributed by atoms with Crippen LogP contribution in [0.2, 0.25) is 0 Å². The molecule has 0 spiro atoms. The molecule has 3 rings (SSSR count). The number of benzene rings is 2. The third-order valence-corrected chi connectivity index (χ3v) is 3.99. The molecule has 4 nitrogen and oxygen atoms in total. The van der Waals surface area contributed by atoms with Crippen molar-refractivity contribution < 1.29 is 13.9 Å². The van der Waals surface area contributed by atoms with Gasteiger partial charge in [0.05, 0.1) is 6.61 Å². The lowest BCUT2D eigenvalue weighted by Crippen LogP contribution is -2.24. The number of amides is 1. The molecule has 0 aliphatic heterocycles. The third kappa shape index (κ3) is 4.41. The Morgan fingerprint density at radius 2 is 1.92 bits per heavy atom. The van der Waals surface area contributed by atoms with Crippen molar-refractivity contribution in [2.75, 3.05) is 13.2 Å². The van der Waals surface area contributed by atoms with Crippen LogP contribution in [0, 0.1) is 0 Å². The Morgan fingerprint density at radius 3 is 2.76 bits per heavy atom. The smallest absolute Gasteiger partial charge is 0.287 e. The lowest BCUT2D eigenvalue weighted by molar-refractivity contribution is 0.0927. The predicted molar refractivity (Wildman–Crippen MR) is 99.1 cm³/mol. The number of fused-ring (bicyclic) bond motifs is 1. The molecule has 0 aliphatic carbocycles. The van der Waals surface area contributed by atoms with Gasteiger partial charge in [0.2, 0.25) is 0 Å². The van der Waals surface area contributed by atoms with Crippen LogP contribution in [0.5, 0.6) is 5.75 Å². The fraction of sp³-hybridized carbons (Fsp3) is 0.286. The van der Waals surface area contributed by atoms with E-state index in [0.717, 1.165) is 42.6 Å². The number of furan rings is 1. The molecule has 0 saturated carbocycles. The second-order valence-corrected chi connectivity index (χ2v) is 5.96. The van der Waals surface area contributed by atoms with E-state index in [1.165, 1.54) is 5.56 Å². The van der Waals surface area contributed by atoms with Crippen molar-refractivity contribution in [2.45, 2.75) is 26.2 Å². The van der Waals surface area contributed by atoms with E-state index >= 15 is 0 Å². The van der Waals surface area contributed by atoms with Gasteiger partial charge in [-0.25, -0.2) is 0 Å². The largest absolute Gasteiger partial charge is 0.493 e. The number of hydrogen-bond donors (Lipinski definition) is 1. The van der Waals surface area contributed by atoms with Crippen molar-refractivity contribution in [3.8, 4) is 5.75 Å². The van der Waals surface area contributed by atoms with E-state index < -0.39 is 0 Å². The average molecular weight is 337 g/mol. The van der Waals surface area contributed by atoms with E-state index in [4.69, 9.17) is 9.15 Å². The van der Waals surface area contributed by atoms with Crippen LogP contribution >= 0.6 is 0 Å².